The number of piperidine rings is 1. The number of thiazole rings is 1. The van der Waals surface area contributed by atoms with Crippen LogP contribution >= 0.6 is 11.3 Å². The number of likely N-dealkylation sites (tertiary alicyclic amines) is 1. The Balaban J connectivity index is 1.45. The van der Waals surface area contributed by atoms with Crippen LogP contribution < -0.4 is 0 Å². The van der Waals surface area contributed by atoms with Gasteiger partial charge in [0.1, 0.15) is 0 Å². The second-order valence-electron chi connectivity index (χ2n) is 6.96. The van der Waals surface area contributed by atoms with Gasteiger partial charge in [0.05, 0.1) is 17.7 Å². The molecule has 2 fully saturated rings. The molecule has 0 aliphatic carbocycles. The van der Waals surface area contributed by atoms with Crippen LogP contribution in [0.25, 0.3) is 0 Å². The number of hydrogen-bond donors (Lipinski definition) is 0. The monoisotopic (exact) mass is 336 g/mol. The van der Waals surface area contributed by atoms with Crippen LogP contribution in [0.5, 0.6) is 0 Å². The van der Waals surface area contributed by atoms with Crippen LogP contribution in [0.2, 0.25) is 0 Å². The second kappa shape index (κ2) is 7.73. The van der Waals surface area contributed by atoms with Crippen LogP contribution in [-0.4, -0.2) is 70.4 Å². The third-order valence-corrected chi connectivity index (χ3v) is 5.81. The molecule has 3 heterocycles. The van der Waals surface area contributed by atoms with Crippen molar-refractivity contribution in [2.24, 2.45) is 0 Å². The van der Waals surface area contributed by atoms with Crippen LogP contribution in [0.15, 0.2) is 10.9 Å². The largest absolute Gasteiger partial charge is 0.336 e. The van der Waals surface area contributed by atoms with Crippen molar-refractivity contribution in [3.05, 3.63) is 16.6 Å². The molecular weight excluding hydrogens is 308 g/mol. The lowest BCUT2D eigenvalue weighted by Gasteiger charge is -2.41. The third-order valence-electron chi connectivity index (χ3n) is 5.17. The molecule has 0 spiro atoms. The van der Waals surface area contributed by atoms with E-state index >= 15 is 0 Å². The van der Waals surface area contributed by atoms with Gasteiger partial charge < -0.3 is 4.90 Å². The first-order chi connectivity index (χ1) is 11.1. The molecule has 3 rings (SSSR count). The molecule has 5 nitrogen and oxygen atoms in total. The van der Waals surface area contributed by atoms with E-state index in [9.17, 15) is 4.79 Å². The number of amides is 1. The Hall–Kier alpha value is -0.980. The second-order valence-corrected chi connectivity index (χ2v) is 7.68. The van der Waals surface area contributed by atoms with Gasteiger partial charge in [-0.3, -0.25) is 14.6 Å². The van der Waals surface area contributed by atoms with Gasteiger partial charge in [0.15, 0.2) is 0 Å². The highest BCUT2D eigenvalue weighted by atomic mass is 32.1. The van der Waals surface area contributed by atoms with Crippen LogP contribution in [0.3, 0.4) is 0 Å². The van der Waals surface area contributed by atoms with Crippen LogP contribution in [-0.2, 0) is 11.3 Å². The molecule has 1 aromatic heterocycles. The van der Waals surface area contributed by atoms with Gasteiger partial charge in [0.25, 0.3) is 0 Å². The lowest BCUT2D eigenvalue weighted by Crippen LogP contribution is -2.54. The van der Waals surface area contributed by atoms with Crippen molar-refractivity contribution in [1.82, 2.24) is 19.7 Å². The van der Waals surface area contributed by atoms with Gasteiger partial charge in [-0.15, -0.1) is 11.3 Å². The third kappa shape index (κ3) is 4.31. The van der Waals surface area contributed by atoms with Gasteiger partial charge in [-0.2, -0.15) is 0 Å². The molecule has 2 aliphatic heterocycles. The lowest BCUT2D eigenvalue weighted by atomic mass is 9.97. The fraction of sp³-hybridized carbons (Fsp3) is 0.765. The molecule has 0 N–H and O–H groups in total. The van der Waals surface area contributed by atoms with E-state index in [1.165, 1.54) is 6.42 Å². The summed E-state index contributed by atoms with van der Waals surface area (Å²) in [5.74, 6) is 0.317. The van der Waals surface area contributed by atoms with E-state index in [0.29, 0.717) is 24.5 Å². The summed E-state index contributed by atoms with van der Waals surface area (Å²) in [4.78, 5) is 23.9. The molecule has 0 unspecified atom stereocenters. The Morgan fingerprint density at radius 2 is 1.83 bits per heavy atom. The zero-order valence-electron chi connectivity index (χ0n) is 14.3. The predicted octanol–water partition coefficient (Wildman–Crippen LogP) is 2.05. The highest BCUT2D eigenvalue weighted by molar-refractivity contribution is 7.07. The summed E-state index contributed by atoms with van der Waals surface area (Å²) >= 11 is 1.65. The molecule has 23 heavy (non-hydrogen) atoms. The molecule has 0 radical (unpaired) electrons. The number of nitrogens with zero attached hydrogens (tertiary/aromatic N) is 4. The predicted molar refractivity (Wildman–Crippen MR) is 93.5 cm³/mol. The number of hydrogen-bond acceptors (Lipinski definition) is 5. The first-order valence-corrected chi connectivity index (χ1v) is 9.70. The SMILES string of the molecule is C[C@@H]1CCC[C@@H](C)N1C(=O)CN1CCN(Cc2cscn2)CC1. The normalized spacial score (nSPS) is 27.3. The van der Waals surface area contributed by atoms with Crippen molar-refractivity contribution in [3.8, 4) is 0 Å². The average Bonchev–Trinajstić information content (AvgIpc) is 3.02. The zero-order valence-corrected chi connectivity index (χ0v) is 15.1. The summed E-state index contributed by atoms with van der Waals surface area (Å²) < 4.78 is 0. The summed E-state index contributed by atoms with van der Waals surface area (Å²) in [6.07, 6.45) is 3.55. The summed E-state index contributed by atoms with van der Waals surface area (Å²) in [6.45, 7) is 9.91. The highest BCUT2D eigenvalue weighted by Crippen LogP contribution is 2.22. The maximum Gasteiger partial charge on any atom is 0.237 e. The molecule has 0 bridgehead atoms. The van der Waals surface area contributed by atoms with E-state index < -0.39 is 0 Å². The first kappa shape index (κ1) is 16.9. The van der Waals surface area contributed by atoms with Gasteiger partial charge in [-0.1, -0.05) is 0 Å². The van der Waals surface area contributed by atoms with Crippen molar-refractivity contribution in [2.75, 3.05) is 32.7 Å². The van der Waals surface area contributed by atoms with Crippen molar-refractivity contribution in [3.63, 3.8) is 0 Å². The Kier molecular flexibility index (Phi) is 5.67. The molecule has 1 aromatic rings. The Morgan fingerprint density at radius 1 is 1.17 bits per heavy atom. The van der Waals surface area contributed by atoms with E-state index in [0.717, 1.165) is 51.3 Å². The van der Waals surface area contributed by atoms with Gasteiger partial charge in [0.2, 0.25) is 5.91 Å². The minimum absolute atomic E-state index is 0.317. The van der Waals surface area contributed by atoms with Gasteiger partial charge >= 0.3 is 0 Å². The van der Waals surface area contributed by atoms with Crippen molar-refractivity contribution >= 4 is 17.2 Å². The molecule has 2 atom stereocenters. The average molecular weight is 337 g/mol. The van der Waals surface area contributed by atoms with Crippen molar-refractivity contribution < 1.29 is 4.79 Å². The maximum atomic E-state index is 12.7. The number of carbonyl (C=O) groups excluding carboxylic acids is 1. The number of rotatable bonds is 4. The fourth-order valence-corrected chi connectivity index (χ4v) is 4.39. The summed E-state index contributed by atoms with van der Waals surface area (Å²) in [5.41, 5.74) is 3.06. The number of piperazine rings is 1. The van der Waals surface area contributed by atoms with Crippen LogP contribution in [0.1, 0.15) is 38.8 Å². The van der Waals surface area contributed by atoms with Crippen molar-refractivity contribution in [2.45, 2.75) is 51.7 Å². The maximum absolute atomic E-state index is 12.7. The number of carbonyl (C=O) groups is 1. The van der Waals surface area contributed by atoms with Gasteiger partial charge in [-0.25, -0.2) is 4.98 Å². The zero-order chi connectivity index (χ0) is 16.2. The molecule has 128 valence electrons. The van der Waals surface area contributed by atoms with E-state index in [1.54, 1.807) is 11.3 Å². The molecule has 0 saturated carbocycles. The van der Waals surface area contributed by atoms with Crippen LogP contribution in [0.4, 0.5) is 0 Å². The van der Waals surface area contributed by atoms with Crippen LogP contribution in [0, 0.1) is 0 Å². The van der Waals surface area contributed by atoms with E-state index in [-0.39, 0.29) is 0 Å². The van der Waals surface area contributed by atoms with Crippen molar-refractivity contribution in [1.29, 1.82) is 0 Å². The Morgan fingerprint density at radius 3 is 2.43 bits per heavy atom. The Labute approximate surface area is 143 Å². The minimum Gasteiger partial charge on any atom is -0.336 e. The summed E-state index contributed by atoms with van der Waals surface area (Å²) in [7, 11) is 0. The molecule has 0 aromatic carbocycles. The molecule has 2 aliphatic rings. The topological polar surface area (TPSA) is 39.7 Å². The Bertz CT molecular complexity index is 489. The van der Waals surface area contributed by atoms with E-state index in [4.69, 9.17) is 0 Å². The quantitative estimate of drug-likeness (QED) is 0.844. The number of aromatic nitrogens is 1. The summed E-state index contributed by atoms with van der Waals surface area (Å²) in [5, 5.41) is 2.12. The minimum atomic E-state index is 0.317. The van der Waals surface area contributed by atoms with E-state index in [1.807, 2.05) is 5.51 Å². The summed E-state index contributed by atoms with van der Waals surface area (Å²) in [6, 6.07) is 0.800. The van der Waals surface area contributed by atoms with Gasteiger partial charge in [-0.05, 0) is 33.1 Å². The van der Waals surface area contributed by atoms with Gasteiger partial charge in [0, 0.05) is 50.2 Å². The highest BCUT2D eigenvalue weighted by Gasteiger charge is 2.30. The first-order valence-electron chi connectivity index (χ1n) is 8.76. The fourth-order valence-electron chi connectivity index (χ4n) is 3.84. The molecular formula is C17H28N4OS. The molecule has 2 saturated heterocycles. The standard InChI is InChI=1S/C17H28N4OS/c1-14-4-3-5-15(2)21(14)17(22)11-20-8-6-19(7-9-20)10-16-12-23-13-18-16/h12-15H,3-11H2,1-2H3/t14-,15-/m1/s1. The lowest BCUT2D eigenvalue weighted by molar-refractivity contribution is -0.139. The van der Waals surface area contributed by atoms with E-state index in [2.05, 4.69) is 38.9 Å². The molecule has 6 heteroatoms. The smallest absolute Gasteiger partial charge is 0.237 e. The molecule has 1 amide bonds.